The van der Waals surface area contributed by atoms with Crippen molar-refractivity contribution in [3.8, 4) is 0 Å². The second kappa shape index (κ2) is 6.81. The van der Waals surface area contributed by atoms with Gasteiger partial charge in [-0.25, -0.2) is 0 Å². The molecular weight excluding hydrogens is 250 g/mol. The summed E-state index contributed by atoms with van der Waals surface area (Å²) in [4.78, 5) is 4.06. The number of thioether (sulfide) groups is 1. The fourth-order valence-electron chi connectivity index (χ4n) is 3.00. The van der Waals surface area contributed by atoms with Gasteiger partial charge in [-0.15, -0.1) is 11.8 Å². The molecule has 2 atom stereocenters. The molecule has 0 spiro atoms. The van der Waals surface area contributed by atoms with Gasteiger partial charge >= 0.3 is 0 Å². The van der Waals surface area contributed by atoms with E-state index in [1.54, 1.807) is 0 Å². The van der Waals surface area contributed by atoms with Gasteiger partial charge in [0.05, 0.1) is 0 Å². The smallest absolute Gasteiger partial charge is 0.00720 e. The molecule has 2 unspecified atom stereocenters. The highest BCUT2D eigenvalue weighted by molar-refractivity contribution is 7.99. The third-order valence-corrected chi connectivity index (χ3v) is 5.51. The third-order valence-electron chi connectivity index (χ3n) is 4.31. The lowest BCUT2D eigenvalue weighted by Crippen LogP contribution is -2.29. The van der Waals surface area contributed by atoms with Gasteiger partial charge in [0.1, 0.15) is 0 Å². The predicted molar refractivity (Wildman–Crippen MR) is 85.7 cm³/mol. The Kier molecular flexibility index (Phi) is 5.35. The minimum Gasteiger partial charge on any atom is -0.300 e. The van der Waals surface area contributed by atoms with Crippen LogP contribution in [0.25, 0.3) is 0 Å². The Bertz CT molecular complexity index is 374. The van der Waals surface area contributed by atoms with Gasteiger partial charge in [0, 0.05) is 29.8 Å². The van der Waals surface area contributed by atoms with E-state index in [1.807, 2.05) is 11.8 Å². The van der Waals surface area contributed by atoms with Crippen LogP contribution in [0.15, 0.2) is 35.2 Å². The predicted octanol–water partition coefficient (Wildman–Crippen LogP) is 4.39. The zero-order valence-electron chi connectivity index (χ0n) is 12.7. The number of hydrogen-bond acceptors (Lipinski definition) is 2. The SMILES string of the molecule is CC(C)C1CN(C(C)C)CC1CSc1ccccc1. The number of nitrogens with zero attached hydrogens (tertiary/aromatic N) is 1. The highest BCUT2D eigenvalue weighted by Crippen LogP contribution is 2.34. The van der Waals surface area contributed by atoms with Crippen molar-refractivity contribution >= 4 is 11.8 Å². The van der Waals surface area contributed by atoms with Crippen LogP contribution in [0.5, 0.6) is 0 Å². The van der Waals surface area contributed by atoms with Crippen molar-refractivity contribution < 1.29 is 0 Å². The quantitative estimate of drug-likeness (QED) is 0.734. The first-order valence-electron chi connectivity index (χ1n) is 7.49. The molecule has 1 aliphatic heterocycles. The molecule has 1 saturated heterocycles. The van der Waals surface area contributed by atoms with Crippen molar-refractivity contribution in [1.29, 1.82) is 0 Å². The average Bonchev–Trinajstić information content (AvgIpc) is 2.82. The van der Waals surface area contributed by atoms with Crippen LogP contribution in [0.1, 0.15) is 27.7 Å². The Balaban J connectivity index is 1.94. The Labute approximate surface area is 122 Å². The Morgan fingerprint density at radius 3 is 2.37 bits per heavy atom. The summed E-state index contributed by atoms with van der Waals surface area (Å²) in [7, 11) is 0. The summed E-state index contributed by atoms with van der Waals surface area (Å²) in [5.41, 5.74) is 0. The minimum atomic E-state index is 0.688. The summed E-state index contributed by atoms with van der Waals surface area (Å²) < 4.78 is 0. The van der Waals surface area contributed by atoms with E-state index in [-0.39, 0.29) is 0 Å². The van der Waals surface area contributed by atoms with Crippen LogP contribution in [0.4, 0.5) is 0 Å². The van der Waals surface area contributed by atoms with Gasteiger partial charge in [-0.3, -0.25) is 0 Å². The largest absolute Gasteiger partial charge is 0.300 e. The molecule has 2 rings (SSSR count). The lowest BCUT2D eigenvalue weighted by Gasteiger charge is -2.22. The van der Waals surface area contributed by atoms with Crippen molar-refractivity contribution in [1.82, 2.24) is 4.90 Å². The first kappa shape index (κ1) is 14.9. The van der Waals surface area contributed by atoms with Crippen molar-refractivity contribution in [3.63, 3.8) is 0 Å². The maximum atomic E-state index is 2.65. The number of hydrogen-bond donors (Lipinski definition) is 0. The van der Waals surface area contributed by atoms with E-state index >= 15 is 0 Å². The second-order valence-electron chi connectivity index (χ2n) is 6.34. The van der Waals surface area contributed by atoms with Crippen LogP contribution in [0.3, 0.4) is 0 Å². The summed E-state index contributed by atoms with van der Waals surface area (Å²) in [6.07, 6.45) is 0. The Morgan fingerprint density at radius 2 is 1.79 bits per heavy atom. The van der Waals surface area contributed by atoms with E-state index in [9.17, 15) is 0 Å². The summed E-state index contributed by atoms with van der Waals surface area (Å²) in [5.74, 6) is 3.76. The molecule has 0 bridgehead atoms. The van der Waals surface area contributed by atoms with Gasteiger partial charge in [-0.2, -0.15) is 0 Å². The van der Waals surface area contributed by atoms with Gasteiger partial charge in [-0.05, 0) is 43.7 Å². The summed E-state index contributed by atoms with van der Waals surface area (Å²) in [6.45, 7) is 12.0. The molecule has 19 heavy (non-hydrogen) atoms. The minimum absolute atomic E-state index is 0.688. The van der Waals surface area contributed by atoms with Crippen molar-refractivity contribution in [2.45, 2.75) is 38.6 Å². The van der Waals surface area contributed by atoms with E-state index in [4.69, 9.17) is 0 Å². The summed E-state index contributed by atoms with van der Waals surface area (Å²) >= 11 is 2.03. The third kappa shape index (κ3) is 4.00. The van der Waals surface area contributed by atoms with Crippen LogP contribution in [0.2, 0.25) is 0 Å². The zero-order chi connectivity index (χ0) is 13.8. The standard InChI is InChI=1S/C17H27NS/c1-13(2)17-11-18(14(3)4)10-15(17)12-19-16-8-6-5-7-9-16/h5-9,13-15,17H,10-12H2,1-4H3. The van der Waals surface area contributed by atoms with E-state index < -0.39 is 0 Å². The molecule has 1 aromatic carbocycles. The maximum absolute atomic E-state index is 2.65. The molecule has 0 aliphatic carbocycles. The Morgan fingerprint density at radius 1 is 1.11 bits per heavy atom. The van der Waals surface area contributed by atoms with Crippen LogP contribution in [-0.2, 0) is 0 Å². The maximum Gasteiger partial charge on any atom is 0.00720 e. The molecule has 1 nitrogen and oxygen atoms in total. The monoisotopic (exact) mass is 277 g/mol. The normalized spacial score (nSPS) is 24.5. The summed E-state index contributed by atoms with van der Waals surface area (Å²) in [5, 5.41) is 0. The molecule has 0 saturated carbocycles. The molecule has 1 fully saturated rings. The molecule has 0 aromatic heterocycles. The molecule has 1 heterocycles. The highest BCUT2D eigenvalue weighted by atomic mass is 32.2. The molecule has 0 amide bonds. The van der Waals surface area contributed by atoms with E-state index in [0.29, 0.717) is 6.04 Å². The average molecular weight is 277 g/mol. The number of benzene rings is 1. The van der Waals surface area contributed by atoms with E-state index in [2.05, 4.69) is 62.9 Å². The van der Waals surface area contributed by atoms with Gasteiger partial charge in [-0.1, -0.05) is 32.0 Å². The van der Waals surface area contributed by atoms with Gasteiger partial charge < -0.3 is 4.90 Å². The first-order valence-corrected chi connectivity index (χ1v) is 8.48. The topological polar surface area (TPSA) is 3.24 Å². The molecule has 0 N–H and O–H groups in total. The fourth-order valence-corrected chi connectivity index (χ4v) is 4.11. The van der Waals surface area contributed by atoms with Crippen molar-refractivity contribution in [2.75, 3.05) is 18.8 Å². The van der Waals surface area contributed by atoms with Crippen molar-refractivity contribution in [2.24, 2.45) is 17.8 Å². The zero-order valence-corrected chi connectivity index (χ0v) is 13.5. The molecule has 2 heteroatoms. The lowest BCUT2D eigenvalue weighted by molar-refractivity contribution is 0.253. The highest BCUT2D eigenvalue weighted by Gasteiger charge is 2.35. The van der Waals surface area contributed by atoms with Crippen LogP contribution in [-0.4, -0.2) is 29.8 Å². The number of rotatable bonds is 5. The van der Waals surface area contributed by atoms with Gasteiger partial charge in [0.2, 0.25) is 0 Å². The molecule has 0 radical (unpaired) electrons. The van der Waals surface area contributed by atoms with Crippen LogP contribution >= 0.6 is 11.8 Å². The molecule has 1 aliphatic rings. The van der Waals surface area contributed by atoms with Gasteiger partial charge in [0.25, 0.3) is 0 Å². The molecule has 106 valence electrons. The second-order valence-corrected chi connectivity index (χ2v) is 7.43. The van der Waals surface area contributed by atoms with E-state index in [1.165, 1.54) is 23.7 Å². The van der Waals surface area contributed by atoms with Crippen molar-refractivity contribution in [3.05, 3.63) is 30.3 Å². The summed E-state index contributed by atoms with van der Waals surface area (Å²) in [6, 6.07) is 11.5. The first-order chi connectivity index (χ1) is 9.08. The molecular formula is C17H27NS. The van der Waals surface area contributed by atoms with Crippen LogP contribution in [0, 0.1) is 17.8 Å². The van der Waals surface area contributed by atoms with Gasteiger partial charge in [0.15, 0.2) is 0 Å². The number of likely N-dealkylation sites (tertiary alicyclic amines) is 1. The Hall–Kier alpha value is -0.470. The lowest BCUT2D eigenvalue weighted by atomic mass is 9.87. The van der Waals surface area contributed by atoms with E-state index in [0.717, 1.165) is 17.8 Å². The van der Waals surface area contributed by atoms with Crippen LogP contribution < -0.4 is 0 Å². The molecule has 1 aromatic rings. The fraction of sp³-hybridized carbons (Fsp3) is 0.647.